The number of ether oxygens (including phenoxy) is 2. The maximum absolute atomic E-state index is 11.7. The monoisotopic (exact) mass is 308 g/mol. The highest BCUT2D eigenvalue weighted by Gasteiger charge is 2.18. The average Bonchev–Trinajstić information content (AvgIpc) is 2.59. The van der Waals surface area contributed by atoms with Crippen LogP contribution in [0.4, 0.5) is 0 Å². The molecule has 0 saturated carbocycles. The highest BCUT2D eigenvalue weighted by molar-refractivity contribution is 6.04. The predicted molar refractivity (Wildman–Crippen MR) is 82.9 cm³/mol. The highest BCUT2D eigenvalue weighted by Crippen LogP contribution is 2.36. The van der Waals surface area contributed by atoms with Gasteiger partial charge in [-0.05, 0) is 24.3 Å². The van der Waals surface area contributed by atoms with Crippen LogP contribution >= 0.6 is 0 Å². The molecule has 0 amide bonds. The molecule has 4 rings (SSSR count). The number of fused-ring (bicyclic) bond motifs is 2. The largest absolute Gasteiger partial charge is 0.486 e. The Bertz CT molecular complexity index is 909. The Hall–Kier alpha value is -3.15. The van der Waals surface area contributed by atoms with E-state index in [0.717, 1.165) is 5.56 Å². The van der Waals surface area contributed by atoms with Crippen molar-refractivity contribution >= 4 is 16.9 Å². The first-order valence-corrected chi connectivity index (χ1v) is 7.10. The Morgan fingerprint density at radius 3 is 2.43 bits per heavy atom. The summed E-state index contributed by atoms with van der Waals surface area (Å²) in [5.41, 5.74) is 2.12. The van der Waals surface area contributed by atoms with Gasteiger partial charge in [0.2, 0.25) is 0 Å². The van der Waals surface area contributed by atoms with Crippen LogP contribution in [0.25, 0.3) is 22.2 Å². The summed E-state index contributed by atoms with van der Waals surface area (Å²) >= 11 is 0. The van der Waals surface area contributed by atoms with Gasteiger partial charge in [0.15, 0.2) is 11.5 Å². The first-order chi connectivity index (χ1) is 11.2. The molecule has 0 atom stereocenters. The van der Waals surface area contributed by atoms with Gasteiger partial charge in [0.25, 0.3) is 0 Å². The fourth-order valence-corrected chi connectivity index (χ4v) is 2.61. The molecule has 3 heterocycles. The molecule has 6 heteroatoms. The third kappa shape index (κ3) is 2.34. The summed E-state index contributed by atoms with van der Waals surface area (Å²) in [5.74, 6) is 0.119. The van der Waals surface area contributed by atoms with Crippen molar-refractivity contribution < 1.29 is 19.4 Å². The third-order valence-electron chi connectivity index (χ3n) is 3.68. The number of carboxylic acid groups (broad SMARTS) is 1. The smallest absolute Gasteiger partial charge is 0.336 e. The van der Waals surface area contributed by atoms with E-state index in [1.54, 1.807) is 42.7 Å². The van der Waals surface area contributed by atoms with Crippen molar-refractivity contribution in [2.45, 2.75) is 0 Å². The molecule has 3 aromatic rings. The van der Waals surface area contributed by atoms with Gasteiger partial charge in [-0.1, -0.05) is 0 Å². The Morgan fingerprint density at radius 1 is 1.04 bits per heavy atom. The van der Waals surface area contributed by atoms with Crippen molar-refractivity contribution in [3.05, 3.63) is 48.3 Å². The van der Waals surface area contributed by atoms with E-state index in [2.05, 4.69) is 9.97 Å². The van der Waals surface area contributed by atoms with Crippen LogP contribution in [-0.4, -0.2) is 34.3 Å². The number of carbonyl (C=O) groups is 1. The summed E-state index contributed by atoms with van der Waals surface area (Å²) in [7, 11) is 0. The minimum absolute atomic E-state index is 0.179. The van der Waals surface area contributed by atoms with Gasteiger partial charge in [0.1, 0.15) is 13.2 Å². The summed E-state index contributed by atoms with van der Waals surface area (Å²) in [6.07, 6.45) is 3.29. The van der Waals surface area contributed by atoms with E-state index in [1.165, 1.54) is 0 Å². The summed E-state index contributed by atoms with van der Waals surface area (Å²) < 4.78 is 11.1. The van der Waals surface area contributed by atoms with Crippen LogP contribution in [0.15, 0.2) is 42.7 Å². The summed E-state index contributed by atoms with van der Waals surface area (Å²) in [6, 6.07) is 8.54. The van der Waals surface area contributed by atoms with Crippen LogP contribution in [0.5, 0.6) is 11.5 Å². The lowest BCUT2D eigenvalue weighted by Crippen LogP contribution is -2.15. The third-order valence-corrected chi connectivity index (χ3v) is 3.68. The number of rotatable bonds is 2. The quantitative estimate of drug-likeness (QED) is 0.784. The molecule has 6 nitrogen and oxygen atoms in total. The van der Waals surface area contributed by atoms with Crippen LogP contribution in [0, 0.1) is 0 Å². The van der Waals surface area contributed by atoms with Gasteiger partial charge in [-0.2, -0.15) is 0 Å². The lowest BCUT2D eigenvalue weighted by atomic mass is 10.0. The normalized spacial score (nSPS) is 13.0. The SMILES string of the molecule is O=C(O)c1cc(-c2ccncc2)nc2cc3c(cc12)OCCO3. The summed E-state index contributed by atoms with van der Waals surface area (Å²) in [4.78, 5) is 20.2. The van der Waals surface area contributed by atoms with E-state index in [-0.39, 0.29) is 5.56 Å². The lowest BCUT2D eigenvalue weighted by molar-refractivity contribution is 0.0699. The molecule has 1 aliphatic heterocycles. The Labute approximate surface area is 131 Å². The number of aromatic carboxylic acids is 1. The van der Waals surface area contributed by atoms with E-state index < -0.39 is 5.97 Å². The topological polar surface area (TPSA) is 81.5 Å². The van der Waals surface area contributed by atoms with Crippen molar-refractivity contribution in [2.75, 3.05) is 13.2 Å². The van der Waals surface area contributed by atoms with Gasteiger partial charge in [-0.25, -0.2) is 9.78 Å². The minimum Gasteiger partial charge on any atom is -0.486 e. The zero-order valence-corrected chi connectivity index (χ0v) is 12.0. The molecule has 1 N–H and O–H groups in total. The molecule has 0 spiro atoms. The zero-order valence-electron chi connectivity index (χ0n) is 12.0. The molecule has 0 aliphatic carbocycles. The van der Waals surface area contributed by atoms with E-state index in [0.29, 0.717) is 41.3 Å². The standard InChI is InChI=1S/C17H12N2O4/c20-17(21)12-7-13(10-1-3-18-4-2-10)19-14-9-16-15(8-11(12)14)22-5-6-23-16/h1-4,7-9H,5-6H2,(H,20,21). The fraction of sp³-hybridized carbons (Fsp3) is 0.118. The molecule has 0 radical (unpaired) electrons. The second-order valence-corrected chi connectivity index (χ2v) is 5.11. The number of carboxylic acids is 1. The summed E-state index contributed by atoms with van der Waals surface area (Å²) in [6.45, 7) is 0.914. The first-order valence-electron chi connectivity index (χ1n) is 7.10. The maximum Gasteiger partial charge on any atom is 0.336 e. The number of hydrogen-bond donors (Lipinski definition) is 1. The van der Waals surface area contributed by atoms with Gasteiger partial charge >= 0.3 is 5.97 Å². The van der Waals surface area contributed by atoms with E-state index in [9.17, 15) is 9.90 Å². The number of benzene rings is 1. The molecule has 1 aromatic carbocycles. The number of aromatic nitrogens is 2. The molecular weight excluding hydrogens is 296 g/mol. The van der Waals surface area contributed by atoms with Crippen LogP contribution in [0.3, 0.4) is 0 Å². The van der Waals surface area contributed by atoms with Crippen LogP contribution < -0.4 is 9.47 Å². The molecular formula is C17H12N2O4. The lowest BCUT2D eigenvalue weighted by Gasteiger charge is -2.19. The van der Waals surface area contributed by atoms with Crippen molar-refractivity contribution in [1.29, 1.82) is 0 Å². The molecule has 114 valence electrons. The Morgan fingerprint density at radius 2 is 1.74 bits per heavy atom. The van der Waals surface area contributed by atoms with E-state index >= 15 is 0 Å². The van der Waals surface area contributed by atoms with Crippen molar-refractivity contribution in [2.24, 2.45) is 0 Å². The van der Waals surface area contributed by atoms with Crippen LogP contribution in [-0.2, 0) is 0 Å². The molecule has 0 saturated heterocycles. The maximum atomic E-state index is 11.7. The predicted octanol–water partition coefficient (Wildman–Crippen LogP) is 2.77. The number of pyridine rings is 2. The molecule has 0 fully saturated rings. The molecule has 0 unspecified atom stereocenters. The van der Waals surface area contributed by atoms with Gasteiger partial charge in [0, 0.05) is 29.4 Å². The fourth-order valence-electron chi connectivity index (χ4n) is 2.61. The van der Waals surface area contributed by atoms with Crippen molar-refractivity contribution in [3.8, 4) is 22.8 Å². The van der Waals surface area contributed by atoms with E-state index in [1.807, 2.05) is 0 Å². The van der Waals surface area contributed by atoms with Gasteiger partial charge in [0.05, 0.1) is 16.8 Å². The molecule has 23 heavy (non-hydrogen) atoms. The molecule has 2 aromatic heterocycles. The van der Waals surface area contributed by atoms with Gasteiger partial charge < -0.3 is 14.6 Å². The van der Waals surface area contributed by atoms with Crippen molar-refractivity contribution in [3.63, 3.8) is 0 Å². The number of nitrogens with zero attached hydrogens (tertiary/aromatic N) is 2. The second kappa shape index (κ2) is 5.24. The highest BCUT2D eigenvalue weighted by atomic mass is 16.6. The Kier molecular flexibility index (Phi) is 3.08. The summed E-state index contributed by atoms with van der Waals surface area (Å²) in [5, 5.41) is 10.1. The first kappa shape index (κ1) is 13.5. The van der Waals surface area contributed by atoms with Gasteiger partial charge in [-0.3, -0.25) is 4.98 Å². The van der Waals surface area contributed by atoms with Gasteiger partial charge in [-0.15, -0.1) is 0 Å². The van der Waals surface area contributed by atoms with Crippen LogP contribution in [0.1, 0.15) is 10.4 Å². The number of hydrogen-bond acceptors (Lipinski definition) is 5. The minimum atomic E-state index is -1.01. The van der Waals surface area contributed by atoms with Crippen LogP contribution in [0.2, 0.25) is 0 Å². The Balaban J connectivity index is 1.99. The molecule has 0 bridgehead atoms. The molecule has 1 aliphatic rings. The average molecular weight is 308 g/mol. The van der Waals surface area contributed by atoms with E-state index in [4.69, 9.17) is 9.47 Å². The van der Waals surface area contributed by atoms with Crippen molar-refractivity contribution in [1.82, 2.24) is 9.97 Å². The zero-order chi connectivity index (χ0) is 15.8. The second-order valence-electron chi connectivity index (χ2n) is 5.11.